The van der Waals surface area contributed by atoms with Crippen LogP contribution in [0.4, 0.5) is 11.6 Å². The summed E-state index contributed by atoms with van der Waals surface area (Å²) in [5.74, 6) is 0.888. The fraction of sp³-hybridized carbons (Fsp3) is 0.0909. The normalized spacial score (nSPS) is 10.4. The molecule has 0 atom stereocenters. The fourth-order valence-electron chi connectivity index (χ4n) is 1.40. The van der Waals surface area contributed by atoms with E-state index in [1.807, 2.05) is 31.2 Å². The Hall–Kier alpha value is -1.81. The first-order chi connectivity index (χ1) is 7.58. The SMILES string of the molecule is Cc1cccc(-c2nc(N)c(Cl)c(N)n2)c1. The lowest BCUT2D eigenvalue weighted by Crippen LogP contribution is -2.02. The van der Waals surface area contributed by atoms with Crippen molar-refractivity contribution in [2.24, 2.45) is 0 Å². The van der Waals surface area contributed by atoms with E-state index >= 15 is 0 Å². The predicted molar refractivity (Wildman–Crippen MR) is 66.0 cm³/mol. The summed E-state index contributed by atoms with van der Waals surface area (Å²) in [7, 11) is 0. The quantitative estimate of drug-likeness (QED) is 0.794. The maximum atomic E-state index is 5.79. The molecule has 4 nitrogen and oxygen atoms in total. The van der Waals surface area contributed by atoms with Gasteiger partial charge in [-0.2, -0.15) is 0 Å². The molecule has 0 radical (unpaired) electrons. The molecule has 0 saturated heterocycles. The number of aromatic nitrogens is 2. The number of benzene rings is 1. The van der Waals surface area contributed by atoms with Gasteiger partial charge in [0.2, 0.25) is 0 Å². The van der Waals surface area contributed by atoms with E-state index in [0.717, 1.165) is 11.1 Å². The van der Waals surface area contributed by atoms with Gasteiger partial charge >= 0.3 is 0 Å². The van der Waals surface area contributed by atoms with Gasteiger partial charge in [-0.3, -0.25) is 0 Å². The molecule has 2 aromatic rings. The van der Waals surface area contributed by atoms with Crippen LogP contribution in [0.3, 0.4) is 0 Å². The second-order valence-electron chi connectivity index (χ2n) is 3.50. The number of nitrogen functional groups attached to an aromatic ring is 2. The summed E-state index contributed by atoms with van der Waals surface area (Å²) in [5, 5.41) is 0.205. The van der Waals surface area contributed by atoms with Gasteiger partial charge in [-0.1, -0.05) is 35.4 Å². The average molecular weight is 235 g/mol. The molecule has 0 spiro atoms. The number of hydrogen-bond acceptors (Lipinski definition) is 4. The zero-order valence-corrected chi connectivity index (χ0v) is 9.49. The summed E-state index contributed by atoms with van der Waals surface area (Å²) >= 11 is 5.79. The maximum Gasteiger partial charge on any atom is 0.163 e. The third kappa shape index (κ3) is 1.92. The zero-order valence-electron chi connectivity index (χ0n) is 8.74. The fourth-order valence-corrected chi connectivity index (χ4v) is 1.48. The van der Waals surface area contributed by atoms with E-state index in [9.17, 15) is 0 Å². The average Bonchev–Trinajstić information content (AvgIpc) is 2.25. The molecule has 2 rings (SSSR count). The maximum absolute atomic E-state index is 5.79. The van der Waals surface area contributed by atoms with Crippen molar-refractivity contribution >= 4 is 23.2 Å². The minimum Gasteiger partial charge on any atom is -0.382 e. The molecule has 0 saturated carbocycles. The van der Waals surface area contributed by atoms with E-state index in [4.69, 9.17) is 23.1 Å². The largest absolute Gasteiger partial charge is 0.382 e. The Bertz CT molecular complexity index is 516. The molecule has 1 aromatic carbocycles. The van der Waals surface area contributed by atoms with Crippen molar-refractivity contribution in [1.82, 2.24) is 9.97 Å². The molecular weight excluding hydrogens is 224 g/mol. The van der Waals surface area contributed by atoms with E-state index in [1.165, 1.54) is 0 Å². The molecular formula is C11H11ClN4. The van der Waals surface area contributed by atoms with Crippen molar-refractivity contribution in [3.05, 3.63) is 34.9 Å². The van der Waals surface area contributed by atoms with Gasteiger partial charge in [0.15, 0.2) is 5.82 Å². The van der Waals surface area contributed by atoms with Crippen LogP contribution in [0.15, 0.2) is 24.3 Å². The topological polar surface area (TPSA) is 77.8 Å². The van der Waals surface area contributed by atoms with E-state index in [1.54, 1.807) is 0 Å². The number of nitrogens with two attached hydrogens (primary N) is 2. The van der Waals surface area contributed by atoms with E-state index in [-0.39, 0.29) is 16.7 Å². The third-order valence-corrected chi connectivity index (χ3v) is 2.57. The summed E-state index contributed by atoms with van der Waals surface area (Å²) in [5.41, 5.74) is 13.3. The summed E-state index contributed by atoms with van der Waals surface area (Å²) in [6.45, 7) is 1.99. The lowest BCUT2D eigenvalue weighted by atomic mass is 10.1. The molecule has 16 heavy (non-hydrogen) atoms. The predicted octanol–water partition coefficient (Wildman–Crippen LogP) is 2.27. The second kappa shape index (κ2) is 3.98. The number of rotatable bonds is 1. The Labute approximate surface area is 98.3 Å². The van der Waals surface area contributed by atoms with Crippen molar-refractivity contribution < 1.29 is 0 Å². The number of halogens is 1. The van der Waals surface area contributed by atoms with Crippen molar-refractivity contribution in [3.63, 3.8) is 0 Å². The Morgan fingerprint density at radius 2 is 1.75 bits per heavy atom. The van der Waals surface area contributed by atoms with Crippen molar-refractivity contribution in [2.75, 3.05) is 11.5 Å². The Morgan fingerprint density at radius 3 is 2.31 bits per heavy atom. The summed E-state index contributed by atoms with van der Waals surface area (Å²) in [4.78, 5) is 8.20. The van der Waals surface area contributed by atoms with Crippen LogP contribution in [0.25, 0.3) is 11.4 Å². The molecule has 5 heteroatoms. The highest BCUT2D eigenvalue weighted by atomic mass is 35.5. The van der Waals surface area contributed by atoms with Gasteiger partial charge in [0, 0.05) is 5.56 Å². The van der Waals surface area contributed by atoms with E-state index in [0.29, 0.717) is 5.82 Å². The Balaban J connectivity index is 2.57. The number of aryl methyl sites for hydroxylation is 1. The molecule has 4 N–H and O–H groups in total. The molecule has 0 fully saturated rings. The highest BCUT2D eigenvalue weighted by Crippen LogP contribution is 2.26. The van der Waals surface area contributed by atoms with Crippen LogP contribution in [0, 0.1) is 6.92 Å². The first-order valence-corrected chi connectivity index (χ1v) is 5.11. The molecule has 0 aliphatic carbocycles. The van der Waals surface area contributed by atoms with E-state index < -0.39 is 0 Å². The number of hydrogen-bond donors (Lipinski definition) is 2. The lowest BCUT2D eigenvalue weighted by molar-refractivity contribution is 1.19. The van der Waals surface area contributed by atoms with Gasteiger partial charge in [0.1, 0.15) is 16.7 Å². The standard InChI is InChI=1S/C11H11ClN4/c1-6-3-2-4-7(5-6)11-15-9(13)8(12)10(14)16-11/h2-5H,1H3,(H4,13,14,15,16). The molecule has 1 heterocycles. The molecule has 0 unspecified atom stereocenters. The monoisotopic (exact) mass is 234 g/mol. The lowest BCUT2D eigenvalue weighted by Gasteiger charge is -2.05. The number of anilines is 2. The van der Waals surface area contributed by atoms with Crippen LogP contribution in [-0.2, 0) is 0 Å². The van der Waals surface area contributed by atoms with Crippen LogP contribution in [-0.4, -0.2) is 9.97 Å². The van der Waals surface area contributed by atoms with Crippen LogP contribution < -0.4 is 11.5 Å². The van der Waals surface area contributed by atoms with Crippen molar-refractivity contribution in [2.45, 2.75) is 6.92 Å². The molecule has 0 amide bonds. The minimum atomic E-state index is 0.200. The molecule has 0 aliphatic heterocycles. The highest BCUT2D eigenvalue weighted by molar-refractivity contribution is 6.35. The smallest absolute Gasteiger partial charge is 0.163 e. The van der Waals surface area contributed by atoms with Gasteiger partial charge in [-0.25, -0.2) is 9.97 Å². The van der Waals surface area contributed by atoms with Gasteiger partial charge < -0.3 is 11.5 Å². The van der Waals surface area contributed by atoms with Crippen LogP contribution >= 0.6 is 11.6 Å². The molecule has 1 aromatic heterocycles. The van der Waals surface area contributed by atoms with Gasteiger partial charge in [0.05, 0.1) is 0 Å². The minimum absolute atomic E-state index is 0.200. The number of nitrogens with zero attached hydrogens (tertiary/aromatic N) is 2. The van der Waals surface area contributed by atoms with Crippen LogP contribution in [0.1, 0.15) is 5.56 Å². The Morgan fingerprint density at radius 1 is 1.12 bits per heavy atom. The van der Waals surface area contributed by atoms with Crippen molar-refractivity contribution in [1.29, 1.82) is 0 Å². The van der Waals surface area contributed by atoms with Crippen LogP contribution in [0.5, 0.6) is 0 Å². The van der Waals surface area contributed by atoms with Gasteiger partial charge in [0.25, 0.3) is 0 Å². The van der Waals surface area contributed by atoms with Gasteiger partial charge in [-0.05, 0) is 13.0 Å². The molecule has 82 valence electrons. The summed E-state index contributed by atoms with van der Waals surface area (Å²) in [6.07, 6.45) is 0. The second-order valence-corrected chi connectivity index (χ2v) is 3.88. The highest BCUT2D eigenvalue weighted by Gasteiger charge is 2.09. The van der Waals surface area contributed by atoms with Crippen LogP contribution in [0.2, 0.25) is 5.02 Å². The first-order valence-electron chi connectivity index (χ1n) is 4.73. The first kappa shape index (κ1) is 10.7. The Kier molecular flexibility index (Phi) is 2.66. The summed E-state index contributed by atoms with van der Waals surface area (Å²) < 4.78 is 0. The van der Waals surface area contributed by atoms with E-state index in [2.05, 4.69) is 9.97 Å². The molecule has 0 aliphatic rings. The summed E-state index contributed by atoms with van der Waals surface area (Å²) in [6, 6.07) is 7.78. The molecule has 0 bridgehead atoms. The zero-order chi connectivity index (χ0) is 11.7. The third-order valence-electron chi connectivity index (χ3n) is 2.18. The van der Waals surface area contributed by atoms with Crippen molar-refractivity contribution in [3.8, 4) is 11.4 Å². The van der Waals surface area contributed by atoms with Gasteiger partial charge in [-0.15, -0.1) is 0 Å².